The largest absolute Gasteiger partial charge is 0.493 e. The SMILES string of the molecule is COc1cc([C@H]2Oc3c(OC)cc([C@@H](C)O)cc3[C@@H]2CO)cc(OC)c1O[C@H]1O[C@H](CO)[C@H](O)[C@H](O)[C@H]1O. The van der Waals surface area contributed by atoms with Gasteiger partial charge in [-0.3, -0.25) is 0 Å². The Morgan fingerprint density at radius 1 is 0.842 bits per heavy atom. The average Bonchev–Trinajstić information content (AvgIpc) is 3.31. The van der Waals surface area contributed by atoms with Gasteiger partial charge < -0.3 is 59.1 Å². The highest BCUT2D eigenvalue weighted by atomic mass is 16.7. The molecule has 0 saturated carbocycles. The second-order valence-electron chi connectivity index (χ2n) is 9.21. The van der Waals surface area contributed by atoms with Crippen LogP contribution in [0, 0.1) is 0 Å². The first-order chi connectivity index (χ1) is 18.2. The van der Waals surface area contributed by atoms with Crippen LogP contribution in [-0.2, 0) is 4.74 Å². The van der Waals surface area contributed by atoms with Crippen molar-refractivity contribution in [1.29, 1.82) is 0 Å². The summed E-state index contributed by atoms with van der Waals surface area (Å²) in [7, 11) is 4.28. The number of hydrogen-bond donors (Lipinski definition) is 6. The van der Waals surface area contributed by atoms with Gasteiger partial charge in [0.05, 0.1) is 46.6 Å². The highest BCUT2D eigenvalue weighted by Gasteiger charge is 2.45. The summed E-state index contributed by atoms with van der Waals surface area (Å²) in [5, 5.41) is 60.5. The number of hydrogen-bond acceptors (Lipinski definition) is 12. The van der Waals surface area contributed by atoms with Gasteiger partial charge in [0.25, 0.3) is 0 Å². The van der Waals surface area contributed by atoms with E-state index in [0.29, 0.717) is 28.2 Å². The fourth-order valence-corrected chi connectivity index (χ4v) is 4.77. The molecule has 0 amide bonds. The van der Waals surface area contributed by atoms with Gasteiger partial charge in [0.2, 0.25) is 12.0 Å². The molecule has 8 atom stereocenters. The highest BCUT2D eigenvalue weighted by molar-refractivity contribution is 5.58. The summed E-state index contributed by atoms with van der Waals surface area (Å²) < 4.78 is 34.1. The molecular weight excluding hydrogens is 504 g/mol. The molecule has 12 heteroatoms. The first-order valence-corrected chi connectivity index (χ1v) is 12.1. The molecule has 6 N–H and O–H groups in total. The lowest BCUT2D eigenvalue weighted by Gasteiger charge is -2.39. The second-order valence-corrected chi connectivity index (χ2v) is 9.21. The van der Waals surface area contributed by atoms with Gasteiger partial charge in [-0.15, -0.1) is 0 Å². The topological polar surface area (TPSA) is 177 Å². The third-order valence-electron chi connectivity index (χ3n) is 6.91. The normalized spacial score (nSPS) is 29.3. The number of aliphatic hydroxyl groups is 6. The maximum Gasteiger partial charge on any atom is 0.229 e. The summed E-state index contributed by atoms with van der Waals surface area (Å²) in [4.78, 5) is 0. The molecule has 2 aliphatic rings. The van der Waals surface area contributed by atoms with E-state index in [0.717, 1.165) is 0 Å². The minimum Gasteiger partial charge on any atom is -0.493 e. The Balaban J connectivity index is 1.70. The van der Waals surface area contributed by atoms with Gasteiger partial charge >= 0.3 is 0 Å². The number of methoxy groups -OCH3 is 3. The van der Waals surface area contributed by atoms with Gasteiger partial charge in [0, 0.05) is 11.1 Å². The van der Waals surface area contributed by atoms with Crippen LogP contribution in [0.25, 0.3) is 0 Å². The summed E-state index contributed by atoms with van der Waals surface area (Å²) >= 11 is 0. The molecule has 0 spiro atoms. The zero-order chi connectivity index (χ0) is 27.7. The summed E-state index contributed by atoms with van der Waals surface area (Å²) in [5.41, 5.74) is 1.85. The Morgan fingerprint density at radius 3 is 2.00 bits per heavy atom. The van der Waals surface area contributed by atoms with Crippen LogP contribution in [0.3, 0.4) is 0 Å². The van der Waals surface area contributed by atoms with Crippen molar-refractivity contribution in [2.24, 2.45) is 0 Å². The molecule has 4 rings (SSSR count). The standard InChI is InChI=1S/C26H34O12/c1-11(29)12-5-14-15(9-27)23(37-24(14)16(6-12)33-2)13-7-17(34-3)25(18(8-13)35-4)38-26-22(32)21(31)20(30)19(10-28)36-26/h5-8,11,15,19-23,26-32H,9-10H2,1-4H3/t11-,15+,19-,20+,21+,22-,23-,26-/m1/s1. The number of ether oxygens (including phenoxy) is 6. The van der Waals surface area contributed by atoms with E-state index in [4.69, 9.17) is 28.4 Å². The highest BCUT2D eigenvalue weighted by Crippen LogP contribution is 2.53. The average molecular weight is 539 g/mol. The molecule has 12 nitrogen and oxygen atoms in total. The lowest BCUT2D eigenvalue weighted by atomic mass is 9.90. The Bertz CT molecular complexity index is 1090. The Labute approximate surface area is 219 Å². The van der Waals surface area contributed by atoms with Crippen molar-refractivity contribution in [2.75, 3.05) is 34.5 Å². The van der Waals surface area contributed by atoms with Gasteiger partial charge in [0.1, 0.15) is 30.5 Å². The van der Waals surface area contributed by atoms with Crippen LogP contribution >= 0.6 is 0 Å². The molecule has 2 aromatic carbocycles. The lowest BCUT2D eigenvalue weighted by Crippen LogP contribution is -2.60. The summed E-state index contributed by atoms with van der Waals surface area (Å²) in [5.74, 6) is 0.729. The third kappa shape index (κ3) is 4.96. The van der Waals surface area contributed by atoms with E-state index < -0.39 is 55.4 Å². The third-order valence-corrected chi connectivity index (χ3v) is 6.91. The lowest BCUT2D eigenvalue weighted by molar-refractivity contribution is -0.277. The quantitative estimate of drug-likeness (QED) is 0.255. The fraction of sp³-hybridized carbons (Fsp3) is 0.538. The minimum absolute atomic E-state index is 0.0353. The van der Waals surface area contributed by atoms with E-state index in [9.17, 15) is 30.6 Å². The maximum atomic E-state index is 10.4. The van der Waals surface area contributed by atoms with Crippen LogP contribution in [0.5, 0.6) is 28.7 Å². The fourth-order valence-electron chi connectivity index (χ4n) is 4.77. The molecule has 1 fully saturated rings. The Hall–Kier alpha value is -2.84. The molecule has 38 heavy (non-hydrogen) atoms. The van der Waals surface area contributed by atoms with Gasteiger partial charge in [-0.1, -0.05) is 0 Å². The van der Waals surface area contributed by atoms with Crippen LogP contribution < -0.4 is 23.7 Å². The van der Waals surface area contributed by atoms with E-state index in [1.54, 1.807) is 31.2 Å². The number of rotatable bonds is 9. The summed E-state index contributed by atoms with van der Waals surface area (Å²) in [6.07, 6.45) is -8.86. The van der Waals surface area contributed by atoms with E-state index >= 15 is 0 Å². The molecule has 0 aliphatic carbocycles. The minimum atomic E-state index is -1.64. The van der Waals surface area contributed by atoms with E-state index in [-0.39, 0.29) is 23.9 Å². The zero-order valence-corrected chi connectivity index (χ0v) is 21.5. The first kappa shape index (κ1) is 28.2. The van der Waals surface area contributed by atoms with Crippen molar-refractivity contribution in [3.05, 3.63) is 41.0 Å². The van der Waals surface area contributed by atoms with Crippen LogP contribution in [0.1, 0.15) is 41.7 Å². The van der Waals surface area contributed by atoms with Crippen molar-refractivity contribution < 1.29 is 59.1 Å². The van der Waals surface area contributed by atoms with Gasteiger partial charge in [-0.25, -0.2) is 0 Å². The van der Waals surface area contributed by atoms with Gasteiger partial charge in [-0.2, -0.15) is 0 Å². The molecular formula is C26H34O12. The van der Waals surface area contributed by atoms with E-state index in [2.05, 4.69) is 0 Å². The molecule has 2 aromatic rings. The smallest absolute Gasteiger partial charge is 0.229 e. The van der Waals surface area contributed by atoms with Crippen molar-refractivity contribution in [3.63, 3.8) is 0 Å². The predicted octanol–water partition coefficient (Wildman–Crippen LogP) is 0.154. The summed E-state index contributed by atoms with van der Waals surface area (Å²) in [6, 6.07) is 6.68. The van der Waals surface area contributed by atoms with Gasteiger partial charge in [0.15, 0.2) is 23.0 Å². The summed E-state index contributed by atoms with van der Waals surface area (Å²) in [6.45, 7) is 0.754. The molecule has 0 aromatic heterocycles. The molecule has 1 saturated heterocycles. The maximum absolute atomic E-state index is 10.4. The number of aliphatic hydroxyl groups excluding tert-OH is 6. The number of fused-ring (bicyclic) bond motifs is 1. The van der Waals surface area contributed by atoms with Crippen LogP contribution in [0.4, 0.5) is 0 Å². The monoisotopic (exact) mass is 538 g/mol. The molecule has 0 bridgehead atoms. The van der Waals surface area contributed by atoms with Crippen molar-refractivity contribution in [2.45, 2.75) is 55.8 Å². The van der Waals surface area contributed by atoms with Crippen LogP contribution in [0.2, 0.25) is 0 Å². The number of benzene rings is 2. The molecule has 210 valence electrons. The zero-order valence-electron chi connectivity index (χ0n) is 21.5. The molecule has 2 heterocycles. The van der Waals surface area contributed by atoms with Gasteiger partial charge in [-0.05, 0) is 36.8 Å². The van der Waals surface area contributed by atoms with Crippen LogP contribution in [0.15, 0.2) is 24.3 Å². The van der Waals surface area contributed by atoms with Crippen molar-refractivity contribution in [1.82, 2.24) is 0 Å². The molecule has 0 radical (unpaired) electrons. The molecule has 0 unspecified atom stereocenters. The van der Waals surface area contributed by atoms with Crippen LogP contribution in [-0.4, -0.2) is 95.9 Å². The second kappa shape index (κ2) is 11.5. The molecule has 2 aliphatic heterocycles. The predicted molar refractivity (Wildman–Crippen MR) is 131 cm³/mol. The van der Waals surface area contributed by atoms with Crippen molar-refractivity contribution in [3.8, 4) is 28.7 Å². The first-order valence-electron chi connectivity index (χ1n) is 12.1. The Morgan fingerprint density at radius 2 is 1.47 bits per heavy atom. The van der Waals surface area contributed by atoms with Crippen molar-refractivity contribution >= 4 is 0 Å². The van der Waals surface area contributed by atoms with E-state index in [1.165, 1.54) is 21.3 Å². The van der Waals surface area contributed by atoms with E-state index in [1.807, 2.05) is 0 Å². The Kier molecular flexibility index (Phi) is 8.52.